The molecule has 1 aliphatic carbocycles. The predicted molar refractivity (Wildman–Crippen MR) is 96.0 cm³/mol. The van der Waals surface area contributed by atoms with Crippen LogP contribution in [0.5, 0.6) is 0 Å². The van der Waals surface area contributed by atoms with E-state index in [0.717, 1.165) is 18.5 Å². The van der Waals surface area contributed by atoms with E-state index >= 15 is 0 Å². The fourth-order valence-electron chi connectivity index (χ4n) is 4.00. The Morgan fingerprint density at radius 2 is 2.04 bits per heavy atom. The van der Waals surface area contributed by atoms with Gasteiger partial charge in [-0.2, -0.15) is 4.98 Å². The molecule has 0 amide bonds. The van der Waals surface area contributed by atoms with Crippen molar-refractivity contribution in [1.82, 2.24) is 34.5 Å². The van der Waals surface area contributed by atoms with Gasteiger partial charge < -0.3 is 14.6 Å². The molecule has 0 unspecified atom stereocenters. The topological polar surface area (TPSA) is 113 Å². The van der Waals surface area contributed by atoms with Crippen LogP contribution in [0.1, 0.15) is 36.7 Å². The van der Waals surface area contributed by atoms with Gasteiger partial charge in [0.1, 0.15) is 29.9 Å². The summed E-state index contributed by atoms with van der Waals surface area (Å²) in [5, 5.41) is 19.5. The first-order chi connectivity index (χ1) is 13.6. The number of nitrogens with zero attached hydrogens (tertiary/aromatic N) is 7. The molecule has 2 aliphatic heterocycles. The fraction of sp³-hybridized carbons (Fsp3) is 0.562. The molecule has 3 fully saturated rings. The lowest BCUT2D eigenvalue weighted by atomic mass is 10.1. The van der Waals surface area contributed by atoms with Gasteiger partial charge in [-0.3, -0.25) is 4.57 Å². The van der Waals surface area contributed by atoms with Gasteiger partial charge in [-0.25, -0.2) is 14.6 Å². The number of fused-ring (bicyclic) bond motifs is 2. The minimum Gasteiger partial charge on any atom is -0.386 e. The Labute approximate surface area is 168 Å². The number of hydrogen-bond acceptors (Lipinski definition) is 8. The summed E-state index contributed by atoms with van der Waals surface area (Å²) in [6.45, 7) is 0.400. The smallest absolute Gasteiger partial charge is 0.225 e. The number of ether oxygens (including phenoxy) is 2. The van der Waals surface area contributed by atoms with Gasteiger partial charge in [0.2, 0.25) is 5.28 Å². The first-order valence-electron chi connectivity index (χ1n) is 9.02. The molecule has 0 radical (unpaired) electrons. The molecule has 3 aromatic heterocycles. The zero-order valence-electron chi connectivity index (χ0n) is 14.4. The summed E-state index contributed by atoms with van der Waals surface area (Å²) in [5.41, 5.74) is 1.78. The summed E-state index contributed by atoms with van der Waals surface area (Å²) in [4.78, 5) is 12.3. The molecule has 6 rings (SSSR count). The van der Waals surface area contributed by atoms with E-state index in [2.05, 4.69) is 25.3 Å². The SMILES string of the molecule is O[C@@H]1[C@H]2OC[C@H](n3cc(C4CC4)nn3)[C@H]2O[C@H]1n1cnc2c(Cl)nc(Cl)nc21. The van der Waals surface area contributed by atoms with Crippen molar-refractivity contribution in [2.45, 2.75) is 49.3 Å². The normalized spacial score (nSPS) is 32.3. The second-order valence-corrected chi connectivity index (χ2v) is 8.05. The Balaban J connectivity index is 1.32. The third-order valence-corrected chi connectivity index (χ3v) is 6.01. The molecule has 12 heteroatoms. The van der Waals surface area contributed by atoms with Gasteiger partial charge in [0.15, 0.2) is 17.0 Å². The summed E-state index contributed by atoms with van der Waals surface area (Å²) < 4.78 is 15.4. The van der Waals surface area contributed by atoms with Crippen molar-refractivity contribution < 1.29 is 14.6 Å². The highest BCUT2D eigenvalue weighted by Gasteiger charge is 2.54. The minimum absolute atomic E-state index is 0.00345. The van der Waals surface area contributed by atoms with E-state index in [-0.39, 0.29) is 22.6 Å². The van der Waals surface area contributed by atoms with Gasteiger partial charge in [0.25, 0.3) is 0 Å². The molecule has 5 atom stereocenters. The van der Waals surface area contributed by atoms with Crippen LogP contribution in [0.3, 0.4) is 0 Å². The van der Waals surface area contributed by atoms with E-state index < -0.39 is 18.4 Å². The van der Waals surface area contributed by atoms with Gasteiger partial charge >= 0.3 is 0 Å². The van der Waals surface area contributed by atoms with Crippen molar-refractivity contribution in [2.24, 2.45) is 0 Å². The molecular weight excluding hydrogens is 409 g/mol. The first kappa shape index (κ1) is 17.0. The van der Waals surface area contributed by atoms with Crippen molar-refractivity contribution in [2.75, 3.05) is 6.61 Å². The van der Waals surface area contributed by atoms with E-state index in [9.17, 15) is 5.11 Å². The Morgan fingerprint density at radius 3 is 2.86 bits per heavy atom. The molecule has 0 aromatic carbocycles. The first-order valence-corrected chi connectivity index (χ1v) is 9.78. The molecule has 0 bridgehead atoms. The van der Waals surface area contributed by atoms with Crippen LogP contribution in [0.25, 0.3) is 11.2 Å². The molecular formula is C16H15Cl2N7O3. The average Bonchev–Trinajstić information content (AvgIpc) is 3.01. The van der Waals surface area contributed by atoms with E-state index in [1.807, 2.05) is 6.20 Å². The van der Waals surface area contributed by atoms with Gasteiger partial charge in [-0.15, -0.1) is 5.10 Å². The van der Waals surface area contributed by atoms with Gasteiger partial charge in [0, 0.05) is 12.1 Å². The monoisotopic (exact) mass is 423 g/mol. The lowest BCUT2D eigenvalue weighted by Crippen LogP contribution is -2.31. The number of aromatic nitrogens is 7. The molecule has 146 valence electrons. The maximum Gasteiger partial charge on any atom is 0.225 e. The Bertz CT molecular complexity index is 1070. The predicted octanol–water partition coefficient (Wildman–Crippen LogP) is 1.50. The molecule has 1 saturated carbocycles. The maximum absolute atomic E-state index is 10.8. The van der Waals surface area contributed by atoms with Crippen molar-refractivity contribution in [3.05, 3.63) is 28.7 Å². The van der Waals surface area contributed by atoms with Crippen LogP contribution in [-0.2, 0) is 9.47 Å². The van der Waals surface area contributed by atoms with Crippen LogP contribution in [0.15, 0.2) is 12.5 Å². The third kappa shape index (κ3) is 2.49. The Morgan fingerprint density at radius 1 is 1.18 bits per heavy atom. The summed E-state index contributed by atoms with van der Waals surface area (Å²) in [5.74, 6) is 0.515. The molecule has 3 aliphatic rings. The van der Waals surface area contributed by atoms with Crippen LogP contribution in [-0.4, -0.2) is 64.5 Å². The standard InChI is InChI=1S/C16H15Cl2N7O3/c17-13-9-14(21-16(18)20-13)24(5-19-9)15-10(26)12-11(28-15)8(4-27-12)25-3-7(22-23-25)6-1-2-6/h3,5-6,8,10-12,15,26H,1-2,4H2/t8-,10+,11+,12+,15+/m0/s1. The van der Waals surface area contributed by atoms with Crippen LogP contribution in [0.4, 0.5) is 0 Å². The largest absolute Gasteiger partial charge is 0.386 e. The van der Waals surface area contributed by atoms with Crippen molar-refractivity contribution >= 4 is 34.4 Å². The van der Waals surface area contributed by atoms with E-state index in [4.69, 9.17) is 32.7 Å². The molecule has 3 aromatic rings. The third-order valence-electron chi connectivity index (χ3n) is 5.58. The average molecular weight is 424 g/mol. The van der Waals surface area contributed by atoms with Crippen molar-refractivity contribution in [3.8, 4) is 0 Å². The number of aliphatic hydroxyl groups excluding tert-OH is 1. The number of rotatable bonds is 3. The molecule has 10 nitrogen and oxygen atoms in total. The lowest BCUT2D eigenvalue weighted by molar-refractivity contribution is -0.0589. The van der Waals surface area contributed by atoms with Crippen LogP contribution in [0, 0.1) is 0 Å². The highest BCUT2D eigenvalue weighted by Crippen LogP contribution is 2.43. The summed E-state index contributed by atoms with van der Waals surface area (Å²) >= 11 is 12.0. The number of halogens is 2. The second-order valence-electron chi connectivity index (χ2n) is 7.35. The van der Waals surface area contributed by atoms with Crippen LogP contribution >= 0.6 is 23.2 Å². The molecule has 5 heterocycles. The second kappa shape index (κ2) is 6.07. The molecule has 0 spiro atoms. The Hall–Kier alpha value is -1.85. The molecule has 1 N–H and O–H groups in total. The van der Waals surface area contributed by atoms with Gasteiger partial charge in [-0.05, 0) is 24.4 Å². The van der Waals surface area contributed by atoms with Gasteiger partial charge in [-0.1, -0.05) is 16.8 Å². The van der Waals surface area contributed by atoms with E-state index in [1.54, 1.807) is 9.25 Å². The minimum atomic E-state index is -0.911. The Kier molecular flexibility index (Phi) is 3.70. The maximum atomic E-state index is 10.8. The van der Waals surface area contributed by atoms with Gasteiger partial charge in [0.05, 0.1) is 18.6 Å². The number of hydrogen-bond donors (Lipinski definition) is 1. The highest BCUT2D eigenvalue weighted by atomic mass is 35.5. The molecule has 2 saturated heterocycles. The fourth-order valence-corrected chi connectivity index (χ4v) is 4.42. The summed E-state index contributed by atoms with van der Waals surface area (Å²) in [6, 6.07) is -0.166. The number of imidazole rings is 1. The number of aliphatic hydroxyl groups is 1. The lowest BCUT2D eigenvalue weighted by Gasteiger charge is -2.20. The quantitative estimate of drug-likeness (QED) is 0.497. The summed E-state index contributed by atoms with van der Waals surface area (Å²) in [7, 11) is 0. The van der Waals surface area contributed by atoms with Crippen LogP contribution in [0.2, 0.25) is 10.4 Å². The van der Waals surface area contributed by atoms with Crippen LogP contribution < -0.4 is 0 Å². The van der Waals surface area contributed by atoms with Crippen molar-refractivity contribution in [3.63, 3.8) is 0 Å². The van der Waals surface area contributed by atoms with E-state index in [1.165, 1.54) is 6.33 Å². The molecule has 28 heavy (non-hydrogen) atoms. The highest BCUT2D eigenvalue weighted by molar-refractivity contribution is 6.35. The van der Waals surface area contributed by atoms with Crippen molar-refractivity contribution in [1.29, 1.82) is 0 Å². The van der Waals surface area contributed by atoms with E-state index in [0.29, 0.717) is 23.7 Å². The summed E-state index contributed by atoms with van der Waals surface area (Å²) in [6.07, 6.45) is 3.26. The zero-order valence-corrected chi connectivity index (χ0v) is 15.9. The zero-order chi connectivity index (χ0) is 19.0.